The molecule has 5 rings (SSSR count). The summed E-state index contributed by atoms with van der Waals surface area (Å²) in [5.74, 6) is -0.296. The fourth-order valence-corrected chi connectivity index (χ4v) is 3.53. The Balaban J connectivity index is 1.49. The van der Waals surface area contributed by atoms with Gasteiger partial charge in [-0.2, -0.15) is 9.61 Å². The van der Waals surface area contributed by atoms with Crippen LogP contribution in [0, 0.1) is 11.6 Å². The van der Waals surface area contributed by atoms with E-state index in [2.05, 4.69) is 26.0 Å². The first-order chi connectivity index (χ1) is 14.9. The third-order valence-electron chi connectivity index (χ3n) is 5.18. The number of carbonyl (C=O) groups is 1. The summed E-state index contributed by atoms with van der Waals surface area (Å²) in [6.45, 7) is 0.183. The number of anilines is 2. The van der Waals surface area contributed by atoms with Crippen LogP contribution < -0.4 is 16.0 Å². The van der Waals surface area contributed by atoms with Crippen molar-refractivity contribution in [3.05, 3.63) is 58.8 Å². The van der Waals surface area contributed by atoms with E-state index in [4.69, 9.17) is 0 Å². The standard InChI is InChI=1S/C21H20F2N6O2/c22-14-3-11(4-15(23)7-14)9-24-17-8-18(26-16-1-2-16)29-20(27-17)13(10-25-29)5-12-6-19(30)28-21(12)31/h3-5,7-8,10,16,21,26,31H,1-2,6,9H2,(H,24,27)(H,28,30). The van der Waals surface area contributed by atoms with Gasteiger partial charge in [0.1, 0.15) is 29.5 Å². The zero-order chi connectivity index (χ0) is 21.5. The predicted molar refractivity (Wildman–Crippen MR) is 110 cm³/mol. The maximum Gasteiger partial charge on any atom is 0.226 e. The van der Waals surface area contributed by atoms with Crippen molar-refractivity contribution in [1.82, 2.24) is 19.9 Å². The van der Waals surface area contributed by atoms with E-state index in [-0.39, 0.29) is 18.9 Å². The van der Waals surface area contributed by atoms with Crippen molar-refractivity contribution >= 4 is 29.3 Å². The van der Waals surface area contributed by atoms with E-state index in [0.717, 1.165) is 24.7 Å². The third kappa shape index (κ3) is 4.19. The first-order valence-electron chi connectivity index (χ1n) is 9.97. The Hall–Kier alpha value is -3.53. The number of aliphatic hydroxyl groups is 1. The average molecular weight is 426 g/mol. The summed E-state index contributed by atoms with van der Waals surface area (Å²) in [6, 6.07) is 5.51. The highest BCUT2D eigenvalue weighted by Crippen LogP contribution is 2.28. The van der Waals surface area contributed by atoms with Crippen LogP contribution in [0.1, 0.15) is 30.4 Å². The molecule has 1 saturated heterocycles. The number of rotatable bonds is 6. The van der Waals surface area contributed by atoms with Crippen LogP contribution in [0.5, 0.6) is 0 Å². The molecule has 2 aliphatic rings. The molecule has 2 fully saturated rings. The predicted octanol–water partition coefficient (Wildman–Crippen LogP) is 2.42. The lowest BCUT2D eigenvalue weighted by Gasteiger charge is -2.12. The van der Waals surface area contributed by atoms with E-state index >= 15 is 0 Å². The number of fused-ring (bicyclic) bond motifs is 1. The highest BCUT2D eigenvalue weighted by atomic mass is 19.1. The first kappa shape index (κ1) is 19.4. The normalized spacial score (nSPS) is 19.8. The van der Waals surface area contributed by atoms with Gasteiger partial charge in [0, 0.05) is 30.3 Å². The molecule has 0 bridgehead atoms. The van der Waals surface area contributed by atoms with Crippen LogP contribution in [0.25, 0.3) is 11.7 Å². The van der Waals surface area contributed by atoms with Crippen molar-refractivity contribution in [3.63, 3.8) is 0 Å². The highest BCUT2D eigenvalue weighted by molar-refractivity contribution is 5.85. The molecule has 8 nitrogen and oxygen atoms in total. The number of carbonyl (C=O) groups excluding carboxylic acids is 1. The van der Waals surface area contributed by atoms with E-state index in [1.807, 2.05) is 0 Å². The van der Waals surface area contributed by atoms with Gasteiger partial charge in [0.2, 0.25) is 5.91 Å². The molecule has 3 aromatic rings. The molecule has 1 saturated carbocycles. The van der Waals surface area contributed by atoms with Crippen molar-refractivity contribution in [1.29, 1.82) is 0 Å². The third-order valence-corrected chi connectivity index (χ3v) is 5.18. The van der Waals surface area contributed by atoms with Gasteiger partial charge in [0.05, 0.1) is 12.6 Å². The number of nitrogens with zero attached hydrogens (tertiary/aromatic N) is 3. The van der Waals surface area contributed by atoms with Crippen molar-refractivity contribution < 1.29 is 18.7 Å². The number of hydrogen-bond donors (Lipinski definition) is 4. The summed E-state index contributed by atoms with van der Waals surface area (Å²) in [5.41, 5.74) is 2.15. The topological polar surface area (TPSA) is 104 Å². The Morgan fingerprint density at radius 2 is 2.00 bits per heavy atom. The van der Waals surface area contributed by atoms with Crippen LogP contribution in [0.4, 0.5) is 20.4 Å². The number of halogens is 2. The second-order valence-electron chi connectivity index (χ2n) is 7.78. The van der Waals surface area contributed by atoms with Gasteiger partial charge in [-0.3, -0.25) is 4.79 Å². The molecule has 3 heterocycles. The minimum Gasteiger partial charge on any atom is -0.370 e. The Morgan fingerprint density at radius 3 is 2.68 bits per heavy atom. The van der Waals surface area contributed by atoms with Gasteiger partial charge in [0.15, 0.2) is 5.65 Å². The van der Waals surface area contributed by atoms with Gasteiger partial charge in [-0.25, -0.2) is 13.8 Å². The lowest BCUT2D eigenvalue weighted by molar-refractivity contribution is -0.120. The summed E-state index contributed by atoms with van der Waals surface area (Å²) in [7, 11) is 0. The van der Waals surface area contributed by atoms with Crippen molar-refractivity contribution in [2.75, 3.05) is 10.6 Å². The summed E-state index contributed by atoms with van der Waals surface area (Å²) >= 11 is 0. The Labute approximate surface area is 176 Å². The summed E-state index contributed by atoms with van der Waals surface area (Å²) in [5, 5.41) is 23.3. The van der Waals surface area contributed by atoms with E-state index in [1.165, 1.54) is 12.1 Å². The fraction of sp³-hybridized carbons (Fsp3) is 0.286. The zero-order valence-corrected chi connectivity index (χ0v) is 16.4. The van der Waals surface area contributed by atoms with Crippen LogP contribution in [0.15, 0.2) is 36.0 Å². The fourth-order valence-electron chi connectivity index (χ4n) is 3.53. The minimum atomic E-state index is -1.03. The molecule has 1 aliphatic heterocycles. The lowest BCUT2D eigenvalue weighted by Crippen LogP contribution is -2.25. The van der Waals surface area contributed by atoms with E-state index in [1.54, 1.807) is 22.9 Å². The number of hydrogen-bond acceptors (Lipinski definition) is 6. The second kappa shape index (κ2) is 7.62. The zero-order valence-electron chi connectivity index (χ0n) is 16.4. The number of benzene rings is 1. The summed E-state index contributed by atoms with van der Waals surface area (Å²) in [6.07, 6.45) is 4.52. The molecule has 10 heteroatoms. The minimum absolute atomic E-state index is 0.106. The van der Waals surface area contributed by atoms with Crippen LogP contribution in [0.2, 0.25) is 0 Å². The molecule has 1 aromatic carbocycles. The van der Waals surface area contributed by atoms with Gasteiger partial charge in [-0.15, -0.1) is 0 Å². The van der Waals surface area contributed by atoms with E-state index in [0.29, 0.717) is 34.2 Å². The quantitative estimate of drug-likeness (QED) is 0.483. The molecule has 1 aliphatic carbocycles. The maximum absolute atomic E-state index is 13.5. The Bertz CT molecular complexity index is 1180. The molecule has 1 amide bonds. The lowest BCUT2D eigenvalue weighted by atomic mass is 10.1. The first-order valence-corrected chi connectivity index (χ1v) is 9.97. The van der Waals surface area contributed by atoms with Crippen LogP contribution in [-0.2, 0) is 11.3 Å². The summed E-state index contributed by atoms with van der Waals surface area (Å²) in [4.78, 5) is 16.1. The van der Waals surface area contributed by atoms with Crippen molar-refractivity contribution in [2.24, 2.45) is 0 Å². The molecule has 31 heavy (non-hydrogen) atoms. The van der Waals surface area contributed by atoms with Gasteiger partial charge < -0.3 is 21.1 Å². The number of amides is 1. The van der Waals surface area contributed by atoms with Crippen molar-refractivity contribution in [2.45, 2.75) is 38.1 Å². The Morgan fingerprint density at radius 1 is 1.23 bits per heavy atom. The smallest absolute Gasteiger partial charge is 0.226 e. The van der Waals surface area contributed by atoms with Gasteiger partial charge >= 0.3 is 0 Å². The summed E-state index contributed by atoms with van der Waals surface area (Å²) < 4.78 is 28.6. The maximum atomic E-state index is 13.5. The van der Waals surface area contributed by atoms with E-state index < -0.39 is 17.9 Å². The average Bonchev–Trinajstić information content (AvgIpc) is 3.34. The molecular formula is C21H20F2N6O2. The monoisotopic (exact) mass is 426 g/mol. The van der Waals surface area contributed by atoms with Crippen LogP contribution >= 0.6 is 0 Å². The van der Waals surface area contributed by atoms with Crippen molar-refractivity contribution in [3.8, 4) is 0 Å². The highest BCUT2D eigenvalue weighted by Gasteiger charge is 2.26. The van der Waals surface area contributed by atoms with Gasteiger partial charge in [-0.05, 0) is 42.2 Å². The number of nitrogens with one attached hydrogen (secondary N) is 3. The number of aliphatic hydroxyl groups excluding tert-OH is 1. The van der Waals surface area contributed by atoms with Crippen LogP contribution in [0.3, 0.4) is 0 Å². The molecule has 1 atom stereocenters. The Kier molecular flexibility index (Phi) is 4.78. The van der Waals surface area contributed by atoms with Gasteiger partial charge in [-0.1, -0.05) is 0 Å². The molecular weight excluding hydrogens is 406 g/mol. The molecule has 2 aromatic heterocycles. The molecule has 0 radical (unpaired) electrons. The molecule has 4 N–H and O–H groups in total. The van der Waals surface area contributed by atoms with Crippen LogP contribution in [-0.4, -0.2) is 37.9 Å². The number of aromatic nitrogens is 3. The second-order valence-corrected chi connectivity index (χ2v) is 7.78. The SMILES string of the molecule is O=C1CC(=Cc2cnn3c(NC4CC4)cc(NCc4cc(F)cc(F)c4)nc23)C(O)N1. The molecule has 0 spiro atoms. The molecule has 160 valence electrons. The largest absolute Gasteiger partial charge is 0.370 e. The van der Waals surface area contributed by atoms with Gasteiger partial charge in [0.25, 0.3) is 0 Å². The van der Waals surface area contributed by atoms with E-state index in [9.17, 15) is 18.7 Å². The molecule has 1 unspecified atom stereocenters.